The van der Waals surface area contributed by atoms with Crippen LogP contribution >= 0.6 is 22.7 Å². The van der Waals surface area contributed by atoms with Crippen molar-refractivity contribution in [1.82, 2.24) is 4.98 Å². The van der Waals surface area contributed by atoms with Crippen molar-refractivity contribution in [2.45, 2.75) is 41.0 Å². The van der Waals surface area contributed by atoms with Crippen LogP contribution in [-0.4, -0.2) is 23.3 Å². The predicted molar refractivity (Wildman–Crippen MR) is 138 cm³/mol. The number of nitrogens with zero attached hydrogens (tertiary/aromatic N) is 2. The molecule has 0 radical (unpaired) electrons. The van der Waals surface area contributed by atoms with E-state index in [0.29, 0.717) is 37.5 Å². The Balaban J connectivity index is 1.87. The molecule has 0 saturated heterocycles. The molecule has 6 nitrogen and oxygen atoms in total. The van der Waals surface area contributed by atoms with Gasteiger partial charge in [0.15, 0.2) is 5.78 Å². The number of anilines is 1. The summed E-state index contributed by atoms with van der Waals surface area (Å²) in [6, 6.07) is 10.5. The fourth-order valence-electron chi connectivity index (χ4n) is 3.49. The molecule has 0 bridgehead atoms. The van der Waals surface area contributed by atoms with Crippen LogP contribution in [0, 0.1) is 24.2 Å². The topological polar surface area (TPSA) is 92.1 Å². The monoisotopic (exact) mass is 493 g/mol. The molecule has 176 valence electrons. The number of allylic oxidation sites excluding steroid dienone is 1. The largest absolute Gasteiger partial charge is 0.462 e. The molecule has 0 amide bonds. The summed E-state index contributed by atoms with van der Waals surface area (Å²) in [5.74, 6) is -0.0410. The van der Waals surface area contributed by atoms with Crippen molar-refractivity contribution in [3.63, 3.8) is 0 Å². The Morgan fingerprint density at radius 1 is 1.26 bits per heavy atom. The van der Waals surface area contributed by atoms with Crippen LogP contribution in [0.1, 0.15) is 63.9 Å². The van der Waals surface area contributed by atoms with E-state index in [-0.39, 0.29) is 12.4 Å². The number of Topliss-reactive ketones (excluding diaryl/α,β-unsaturated/α-hetero) is 1. The van der Waals surface area contributed by atoms with Crippen LogP contribution in [0.3, 0.4) is 0 Å². The molecule has 0 fully saturated rings. The maximum atomic E-state index is 12.5. The van der Waals surface area contributed by atoms with Crippen LogP contribution in [0.25, 0.3) is 16.8 Å². The van der Waals surface area contributed by atoms with Crippen LogP contribution in [-0.2, 0) is 11.2 Å². The molecule has 0 saturated carbocycles. The van der Waals surface area contributed by atoms with Crippen LogP contribution < -0.4 is 5.32 Å². The Labute approximate surface area is 207 Å². The Bertz CT molecular complexity index is 1260. The minimum absolute atomic E-state index is 0.130. The fourth-order valence-corrected chi connectivity index (χ4v) is 5.35. The highest BCUT2D eigenvalue weighted by molar-refractivity contribution is 7.18. The lowest BCUT2D eigenvalue weighted by molar-refractivity contribution is 0.0527. The summed E-state index contributed by atoms with van der Waals surface area (Å²) in [6.07, 6.45) is 2.54. The second kappa shape index (κ2) is 11.2. The van der Waals surface area contributed by atoms with Gasteiger partial charge in [-0.15, -0.1) is 22.7 Å². The van der Waals surface area contributed by atoms with Crippen molar-refractivity contribution in [3.8, 4) is 17.3 Å². The first-order valence-electron chi connectivity index (χ1n) is 11.0. The van der Waals surface area contributed by atoms with Gasteiger partial charge < -0.3 is 10.1 Å². The molecule has 3 rings (SSSR count). The maximum absolute atomic E-state index is 12.5. The average Bonchev–Trinajstić information content (AvgIpc) is 3.40. The highest BCUT2D eigenvalue weighted by atomic mass is 32.1. The normalized spacial score (nSPS) is 11.4. The van der Waals surface area contributed by atoms with E-state index >= 15 is 0 Å². The number of thiazole rings is 1. The molecular formula is C26H27N3O3S2. The predicted octanol–water partition coefficient (Wildman–Crippen LogP) is 6.73. The summed E-state index contributed by atoms with van der Waals surface area (Å²) in [5, 5.41) is 15.7. The van der Waals surface area contributed by atoms with E-state index in [1.165, 1.54) is 41.4 Å². The first kappa shape index (κ1) is 25.3. The minimum Gasteiger partial charge on any atom is -0.462 e. The zero-order chi connectivity index (χ0) is 24.8. The molecule has 0 unspecified atom stereocenters. The SMILES string of the molecule is CCOC(=O)c1c(N/C=C(\C#N)c2nc(-c3ccc(CC(C)C)cc3)cs2)sc(C(C)=O)c1C. The van der Waals surface area contributed by atoms with Crippen molar-refractivity contribution in [3.05, 3.63) is 62.4 Å². The lowest BCUT2D eigenvalue weighted by atomic mass is 10.0. The highest BCUT2D eigenvalue weighted by Gasteiger charge is 2.24. The van der Waals surface area contributed by atoms with Gasteiger partial charge in [-0.25, -0.2) is 9.78 Å². The van der Waals surface area contributed by atoms with E-state index < -0.39 is 5.97 Å². The van der Waals surface area contributed by atoms with Crippen molar-refractivity contribution in [1.29, 1.82) is 5.26 Å². The highest BCUT2D eigenvalue weighted by Crippen LogP contribution is 2.35. The molecule has 0 aliphatic heterocycles. The van der Waals surface area contributed by atoms with Crippen molar-refractivity contribution in [2.75, 3.05) is 11.9 Å². The molecule has 0 atom stereocenters. The number of aromatic nitrogens is 1. The van der Waals surface area contributed by atoms with Crippen LogP contribution in [0.15, 0.2) is 35.8 Å². The number of carbonyl (C=O) groups is 2. The Hall–Kier alpha value is -3.28. The number of esters is 1. The number of rotatable bonds is 9. The van der Waals surface area contributed by atoms with E-state index in [1.54, 1.807) is 13.8 Å². The number of ether oxygens (including phenoxy) is 1. The van der Waals surface area contributed by atoms with Gasteiger partial charge in [-0.2, -0.15) is 5.26 Å². The summed E-state index contributed by atoms with van der Waals surface area (Å²) in [7, 11) is 0. The summed E-state index contributed by atoms with van der Waals surface area (Å²) < 4.78 is 5.16. The number of benzene rings is 1. The van der Waals surface area contributed by atoms with Gasteiger partial charge in [0.25, 0.3) is 0 Å². The molecule has 2 heterocycles. The lowest BCUT2D eigenvalue weighted by Crippen LogP contribution is -2.08. The van der Waals surface area contributed by atoms with Gasteiger partial charge in [-0.1, -0.05) is 38.1 Å². The molecule has 1 N–H and O–H groups in total. The number of ketones is 1. The van der Waals surface area contributed by atoms with Crippen LogP contribution in [0.4, 0.5) is 5.00 Å². The molecule has 8 heteroatoms. The van der Waals surface area contributed by atoms with Crippen molar-refractivity contribution in [2.24, 2.45) is 5.92 Å². The van der Waals surface area contributed by atoms with E-state index in [9.17, 15) is 14.9 Å². The Morgan fingerprint density at radius 3 is 2.56 bits per heavy atom. The Kier molecular flexibility index (Phi) is 8.37. The van der Waals surface area contributed by atoms with Gasteiger partial charge >= 0.3 is 5.97 Å². The van der Waals surface area contributed by atoms with Crippen LogP contribution in [0.5, 0.6) is 0 Å². The number of nitriles is 1. The zero-order valence-corrected chi connectivity index (χ0v) is 21.5. The number of thiophene rings is 1. The number of carbonyl (C=O) groups excluding carboxylic acids is 2. The van der Waals surface area contributed by atoms with Gasteiger partial charge in [0.1, 0.15) is 21.7 Å². The number of hydrogen-bond acceptors (Lipinski definition) is 8. The molecule has 34 heavy (non-hydrogen) atoms. The second-order valence-corrected chi connectivity index (χ2v) is 10.1. The van der Waals surface area contributed by atoms with Gasteiger partial charge in [0.2, 0.25) is 0 Å². The first-order chi connectivity index (χ1) is 16.2. The molecule has 0 aliphatic carbocycles. The molecule has 0 aliphatic rings. The summed E-state index contributed by atoms with van der Waals surface area (Å²) in [5.41, 5.74) is 4.29. The lowest BCUT2D eigenvalue weighted by Gasteiger charge is -2.05. The van der Waals surface area contributed by atoms with Gasteiger partial charge in [-0.05, 0) is 44.2 Å². The van der Waals surface area contributed by atoms with E-state index in [2.05, 4.69) is 42.4 Å². The third-order valence-electron chi connectivity index (χ3n) is 5.04. The third-order valence-corrected chi connectivity index (χ3v) is 7.24. The Morgan fingerprint density at radius 2 is 1.97 bits per heavy atom. The van der Waals surface area contributed by atoms with E-state index in [1.807, 2.05) is 17.5 Å². The van der Waals surface area contributed by atoms with Crippen molar-refractivity contribution < 1.29 is 14.3 Å². The third kappa shape index (κ3) is 5.79. The van der Waals surface area contributed by atoms with E-state index in [4.69, 9.17) is 4.74 Å². The maximum Gasteiger partial charge on any atom is 0.341 e. The van der Waals surface area contributed by atoms with Crippen LogP contribution in [0.2, 0.25) is 0 Å². The molecular weight excluding hydrogens is 466 g/mol. The molecule has 0 spiro atoms. The fraction of sp³-hybridized carbons (Fsp3) is 0.308. The summed E-state index contributed by atoms with van der Waals surface area (Å²) in [4.78, 5) is 29.6. The summed E-state index contributed by atoms with van der Waals surface area (Å²) >= 11 is 2.55. The average molecular weight is 494 g/mol. The first-order valence-corrected chi connectivity index (χ1v) is 12.7. The quantitative estimate of drug-likeness (QED) is 0.202. The summed E-state index contributed by atoms with van der Waals surface area (Å²) in [6.45, 7) is 9.52. The van der Waals surface area contributed by atoms with Crippen molar-refractivity contribution >= 4 is 45.0 Å². The number of nitrogens with one attached hydrogen (secondary N) is 1. The number of hydrogen-bond donors (Lipinski definition) is 1. The second-order valence-electron chi connectivity index (χ2n) is 8.18. The molecule has 2 aromatic heterocycles. The minimum atomic E-state index is -0.504. The van der Waals surface area contributed by atoms with Gasteiger partial charge in [0, 0.05) is 17.1 Å². The molecule has 3 aromatic rings. The van der Waals surface area contributed by atoms with Gasteiger partial charge in [0.05, 0.1) is 22.7 Å². The molecule has 1 aromatic carbocycles. The smallest absolute Gasteiger partial charge is 0.341 e. The zero-order valence-electron chi connectivity index (χ0n) is 19.9. The standard InChI is InChI=1S/C26H27N3O3S2/c1-6-32-26(31)22-16(4)23(17(5)30)34-25(22)28-13-20(12-27)24-29-21(14-33-24)19-9-7-18(8-10-19)11-15(2)3/h7-10,13-15,28H,6,11H2,1-5H3/b20-13+. The van der Waals surface area contributed by atoms with Gasteiger partial charge in [-0.3, -0.25) is 4.79 Å². The van der Waals surface area contributed by atoms with E-state index in [0.717, 1.165) is 17.7 Å².